The molecular weight excluding hydrogens is 388 g/mol. The van der Waals surface area contributed by atoms with E-state index in [-0.39, 0.29) is 27.8 Å². The van der Waals surface area contributed by atoms with E-state index in [1.807, 2.05) is 0 Å². The third kappa shape index (κ3) is 3.45. The number of benzene rings is 1. The van der Waals surface area contributed by atoms with E-state index in [2.05, 4.69) is 9.82 Å². The van der Waals surface area contributed by atoms with Gasteiger partial charge in [-0.05, 0) is 32.4 Å². The molecule has 2 aromatic rings. The van der Waals surface area contributed by atoms with Gasteiger partial charge in [-0.15, -0.1) is 0 Å². The Kier molecular flexibility index (Phi) is 4.55. The SMILES string of the molecule is Cc1nn([C@@H]2CCS(=O)(=O)C2)c(C)c1S(=O)(=O)Nc1ccc(F)c(F)c1. The molecule has 0 unspecified atom stereocenters. The van der Waals surface area contributed by atoms with Crippen LogP contribution in [0.4, 0.5) is 14.5 Å². The van der Waals surface area contributed by atoms with Gasteiger partial charge in [0, 0.05) is 6.07 Å². The molecule has 0 spiro atoms. The van der Waals surface area contributed by atoms with E-state index >= 15 is 0 Å². The number of aromatic nitrogens is 2. The molecule has 1 atom stereocenters. The zero-order valence-corrected chi connectivity index (χ0v) is 15.7. The van der Waals surface area contributed by atoms with Gasteiger partial charge >= 0.3 is 0 Å². The quantitative estimate of drug-likeness (QED) is 0.838. The molecule has 1 aromatic carbocycles. The van der Waals surface area contributed by atoms with Crippen LogP contribution in [-0.2, 0) is 19.9 Å². The lowest BCUT2D eigenvalue weighted by molar-refractivity contribution is 0.484. The summed E-state index contributed by atoms with van der Waals surface area (Å²) in [5, 5.41) is 4.20. The van der Waals surface area contributed by atoms with Crippen molar-refractivity contribution in [3.63, 3.8) is 0 Å². The highest BCUT2D eigenvalue weighted by molar-refractivity contribution is 7.92. The number of anilines is 1. The van der Waals surface area contributed by atoms with Crippen molar-refractivity contribution in [2.24, 2.45) is 0 Å². The Morgan fingerprint density at radius 3 is 2.50 bits per heavy atom. The fourth-order valence-electron chi connectivity index (χ4n) is 3.13. The minimum atomic E-state index is -4.11. The second kappa shape index (κ2) is 6.31. The first-order valence-corrected chi connectivity index (χ1v) is 11.0. The first-order valence-electron chi connectivity index (χ1n) is 7.74. The maximum Gasteiger partial charge on any atom is 0.265 e. The zero-order chi connectivity index (χ0) is 19.3. The van der Waals surface area contributed by atoms with Crippen LogP contribution in [0.1, 0.15) is 23.9 Å². The average molecular weight is 405 g/mol. The summed E-state index contributed by atoms with van der Waals surface area (Å²) in [4.78, 5) is -0.105. The smallest absolute Gasteiger partial charge is 0.265 e. The number of hydrogen-bond donors (Lipinski definition) is 1. The van der Waals surface area contributed by atoms with E-state index in [9.17, 15) is 25.6 Å². The van der Waals surface area contributed by atoms with Crippen LogP contribution >= 0.6 is 0 Å². The summed E-state index contributed by atoms with van der Waals surface area (Å²) in [5.41, 5.74) is 0.362. The first-order chi connectivity index (χ1) is 12.0. The Morgan fingerprint density at radius 2 is 1.92 bits per heavy atom. The Balaban J connectivity index is 1.96. The van der Waals surface area contributed by atoms with Gasteiger partial charge in [0.1, 0.15) is 4.90 Å². The molecule has 1 N–H and O–H groups in total. The topological polar surface area (TPSA) is 98.1 Å². The summed E-state index contributed by atoms with van der Waals surface area (Å²) in [7, 11) is -7.27. The van der Waals surface area contributed by atoms with E-state index in [4.69, 9.17) is 0 Å². The van der Waals surface area contributed by atoms with Gasteiger partial charge in [-0.2, -0.15) is 5.10 Å². The Labute approximate surface area is 150 Å². The third-order valence-corrected chi connectivity index (χ3v) is 7.64. The second-order valence-electron chi connectivity index (χ2n) is 6.24. The molecule has 1 saturated heterocycles. The molecule has 7 nitrogen and oxygen atoms in total. The lowest BCUT2D eigenvalue weighted by atomic mass is 10.2. The van der Waals surface area contributed by atoms with E-state index in [0.29, 0.717) is 12.1 Å². The number of halogens is 2. The fraction of sp³-hybridized carbons (Fsp3) is 0.400. The predicted molar refractivity (Wildman–Crippen MR) is 91.2 cm³/mol. The van der Waals surface area contributed by atoms with Crippen molar-refractivity contribution in [3.05, 3.63) is 41.2 Å². The van der Waals surface area contributed by atoms with Gasteiger partial charge in [0.05, 0.1) is 34.6 Å². The molecule has 11 heteroatoms. The highest BCUT2D eigenvalue weighted by atomic mass is 32.2. The molecule has 2 heterocycles. The van der Waals surface area contributed by atoms with Crippen molar-refractivity contribution in [2.45, 2.75) is 31.2 Å². The summed E-state index contributed by atoms with van der Waals surface area (Å²) < 4.78 is 78.7. The number of nitrogens with one attached hydrogen (secondary N) is 1. The van der Waals surface area contributed by atoms with Crippen molar-refractivity contribution in [1.82, 2.24) is 9.78 Å². The summed E-state index contributed by atoms with van der Waals surface area (Å²) >= 11 is 0. The summed E-state index contributed by atoms with van der Waals surface area (Å²) in [5.74, 6) is -2.32. The highest BCUT2D eigenvalue weighted by Crippen LogP contribution is 2.29. The van der Waals surface area contributed by atoms with Crippen molar-refractivity contribution >= 4 is 25.5 Å². The van der Waals surface area contributed by atoms with Gasteiger partial charge in [0.15, 0.2) is 21.5 Å². The normalized spacial score (nSPS) is 19.6. The molecule has 26 heavy (non-hydrogen) atoms. The molecule has 0 bridgehead atoms. The second-order valence-corrected chi connectivity index (χ2v) is 10.1. The zero-order valence-electron chi connectivity index (χ0n) is 14.0. The molecule has 0 saturated carbocycles. The summed E-state index contributed by atoms with van der Waals surface area (Å²) in [6.45, 7) is 3.03. The molecule has 142 valence electrons. The minimum absolute atomic E-state index is 0.0329. The number of nitrogens with zero attached hydrogens (tertiary/aromatic N) is 2. The third-order valence-electron chi connectivity index (χ3n) is 4.25. The standard InChI is InChI=1S/C15H17F2N3O4S2/c1-9-15(10(2)20(18-9)12-5-6-25(21,22)8-12)26(23,24)19-11-3-4-13(16)14(17)7-11/h3-4,7,12,19H,5-6,8H2,1-2H3/t12-/m1/s1. The number of hydrogen-bond acceptors (Lipinski definition) is 5. The van der Waals surface area contributed by atoms with E-state index in [0.717, 1.165) is 18.2 Å². The van der Waals surface area contributed by atoms with Gasteiger partial charge in [-0.3, -0.25) is 9.40 Å². The number of rotatable bonds is 4. The van der Waals surface area contributed by atoms with Crippen LogP contribution in [0, 0.1) is 25.5 Å². The molecule has 1 aliphatic heterocycles. The van der Waals surface area contributed by atoms with Gasteiger partial charge in [-0.25, -0.2) is 25.6 Å². The van der Waals surface area contributed by atoms with E-state index < -0.39 is 37.5 Å². The monoisotopic (exact) mass is 405 g/mol. The van der Waals surface area contributed by atoms with Gasteiger partial charge in [-0.1, -0.05) is 0 Å². The highest BCUT2D eigenvalue weighted by Gasteiger charge is 2.33. The largest absolute Gasteiger partial charge is 0.279 e. The molecule has 0 radical (unpaired) electrons. The molecule has 1 aromatic heterocycles. The minimum Gasteiger partial charge on any atom is -0.279 e. The fourth-order valence-corrected chi connectivity index (χ4v) is 6.27. The number of aryl methyl sites for hydroxylation is 1. The van der Waals surface area contributed by atoms with Gasteiger partial charge in [0.2, 0.25) is 0 Å². The molecule has 0 amide bonds. The molecule has 0 aliphatic carbocycles. The Hall–Kier alpha value is -2.01. The van der Waals surface area contributed by atoms with Crippen molar-refractivity contribution < 1.29 is 25.6 Å². The number of sulfone groups is 1. The van der Waals surface area contributed by atoms with Crippen molar-refractivity contribution in [2.75, 3.05) is 16.2 Å². The maximum absolute atomic E-state index is 13.3. The average Bonchev–Trinajstić information content (AvgIpc) is 3.02. The summed E-state index contributed by atoms with van der Waals surface area (Å²) in [6, 6.07) is 2.24. The molecular formula is C15H17F2N3O4S2. The number of sulfonamides is 1. The van der Waals surface area contributed by atoms with Crippen molar-refractivity contribution in [3.8, 4) is 0 Å². The first kappa shape index (κ1) is 18.8. The molecule has 3 rings (SSSR count). The van der Waals surface area contributed by atoms with Crippen LogP contribution in [0.2, 0.25) is 0 Å². The Bertz CT molecular complexity index is 1080. The van der Waals surface area contributed by atoms with Crippen LogP contribution in [0.25, 0.3) is 0 Å². The van der Waals surface area contributed by atoms with Gasteiger partial charge < -0.3 is 0 Å². The predicted octanol–water partition coefficient (Wildman–Crippen LogP) is 1.94. The van der Waals surface area contributed by atoms with E-state index in [1.54, 1.807) is 0 Å². The molecule has 1 aliphatic rings. The van der Waals surface area contributed by atoms with Crippen LogP contribution < -0.4 is 4.72 Å². The lowest BCUT2D eigenvalue weighted by Crippen LogP contribution is -2.17. The van der Waals surface area contributed by atoms with Crippen LogP contribution in [0.5, 0.6) is 0 Å². The van der Waals surface area contributed by atoms with Crippen molar-refractivity contribution in [1.29, 1.82) is 0 Å². The summed E-state index contributed by atoms with van der Waals surface area (Å²) in [6.07, 6.45) is 0.361. The van der Waals surface area contributed by atoms with Crippen LogP contribution in [0.15, 0.2) is 23.1 Å². The molecule has 1 fully saturated rings. The van der Waals surface area contributed by atoms with Crippen LogP contribution in [0.3, 0.4) is 0 Å². The Morgan fingerprint density at radius 1 is 1.23 bits per heavy atom. The van der Waals surface area contributed by atoms with Gasteiger partial charge in [0.25, 0.3) is 10.0 Å². The maximum atomic E-state index is 13.3. The van der Waals surface area contributed by atoms with Crippen LogP contribution in [-0.4, -0.2) is 38.1 Å². The van der Waals surface area contributed by atoms with E-state index in [1.165, 1.54) is 18.5 Å². The lowest BCUT2D eigenvalue weighted by Gasteiger charge is -2.12.